The second-order valence-corrected chi connectivity index (χ2v) is 5.21. The standard InChI is InChI=1S/C11H8N4O3S/c16-10-5-9(19-11-13-12-6-14(10)11)7-2-1-3-8(4-7)15(17)18/h1-4,6,9H,5H2/t9-/m1/s1. The van der Waals surface area contributed by atoms with Crippen LogP contribution in [0.2, 0.25) is 0 Å². The first-order valence-corrected chi connectivity index (χ1v) is 6.37. The first-order valence-electron chi connectivity index (χ1n) is 5.49. The van der Waals surface area contributed by atoms with Crippen LogP contribution in [0, 0.1) is 10.1 Å². The minimum absolute atomic E-state index is 0.0255. The Morgan fingerprint density at radius 3 is 3.11 bits per heavy atom. The van der Waals surface area contributed by atoms with Crippen LogP contribution in [-0.2, 0) is 0 Å². The van der Waals surface area contributed by atoms with Gasteiger partial charge < -0.3 is 0 Å². The van der Waals surface area contributed by atoms with Crippen LogP contribution >= 0.6 is 11.8 Å². The number of hydrogen-bond acceptors (Lipinski definition) is 6. The average molecular weight is 276 g/mol. The lowest BCUT2D eigenvalue weighted by Gasteiger charge is -2.20. The van der Waals surface area contributed by atoms with Crippen LogP contribution in [0.15, 0.2) is 35.7 Å². The lowest BCUT2D eigenvalue weighted by Crippen LogP contribution is -2.19. The number of carbonyl (C=O) groups excluding carboxylic acids is 1. The molecule has 0 radical (unpaired) electrons. The van der Waals surface area contributed by atoms with E-state index in [2.05, 4.69) is 10.2 Å². The molecule has 1 atom stereocenters. The number of non-ortho nitro benzene ring substituents is 1. The lowest BCUT2D eigenvalue weighted by atomic mass is 10.1. The van der Waals surface area contributed by atoms with Gasteiger partial charge in [0.1, 0.15) is 6.33 Å². The Hall–Kier alpha value is -2.22. The summed E-state index contributed by atoms with van der Waals surface area (Å²) in [6, 6.07) is 6.33. The summed E-state index contributed by atoms with van der Waals surface area (Å²) in [6.07, 6.45) is 1.66. The van der Waals surface area contributed by atoms with Crippen molar-refractivity contribution in [1.82, 2.24) is 14.8 Å². The fourth-order valence-corrected chi connectivity index (χ4v) is 3.05. The second-order valence-electron chi connectivity index (χ2n) is 4.04. The van der Waals surface area contributed by atoms with Crippen molar-refractivity contribution >= 4 is 23.4 Å². The summed E-state index contributed by atoms with van der Waals surface area (Å²) in [7, 11) is 0. The summed E-state index contributed by atoms with van der Waals surface area (Å²) in [5, 5.41) is 18.7. The van der Waals surface area contributed by atoms with E-state index in [9.17, 15) is 14.9 Å². The zero-order chi connectivity index (χ0) is 13.4. The van der Waals surface area contributed by atoms with Crippen molar-refractivity contribution in [2.45, 2.75) is 16.8 Å². The molecular weight excluding hydrogens is 268 g/mol. The van der Waals surface area contributed by atoms with Gasteiger partial charge in [-0.25, -0.2) is 4.57 Å². The second kappa shape index (κ2) is 4.47. The zero-order valence-electron chi connectivity index (χ0n) is 9.59. The smallest absolute Gasteiger partial charge is 0.269 e. The molecule has 0 unspecified atom stereocenters. The molecule has 7 nitrogen and oxygen atoms in total. The van der Waals surface area contributed by atoms with Crippen LogP contribution in [-0.4, -0.2) is 25.6 Å². The Balaban J connectivity index is 1.94. The van der Waals surface area contributed by atoms with Gasteiger partial charge in [0.2, 0.25) is 5.91 Å². The molecule has 3 rings (SSSR count). The third-order valence-electron chi connectivity index (χ3n) is 2.85. The zero-order valence-corrected chi connectivity index (χ0v) is 10.4. The van der Waals surface area contributed by atoms with Crippen molar-refractivity contribution in [3.8, 4) is 0 Å². The predicted octanol–water partition coefficient (Wildman–Crippen LogP) is 2.06. The Kier molecular flexibility index (Phi) is 2.79. The highest BCUT2D eigenvalue weighted by Gasteiger charge is 2.28. The number of aromatic nitrogens is 3. The van der Waals surface area contributed by atoms with E-state index in [4.69, 9.17) is 0 Å². The Morgan fingerprint density at radius 2 is 2.32 bits per heavy atom. The molecule has 0 amide bonds. The number of fused-ring (bicyclic) bond motifs is 1. The van der Waals surface area contributed by atoms with Crippen molar-refractivity contribution in [1.29, 1.82) is 0 Å². The number of hydrogen-bond donors (Lipinski definition) is 0. The summed E-state index contributed by atoms with van der Waals surface area (Å²) in [5.74, 6) is -0.102. The summed E-state index contributed by atoms with van der Waals surface area (Å²) < 4.78 is 1.40. The molecule has 8 heteroatoms. The SMILES string of the molecule is O=C1C[C@H](c2cccc([N+](=O)[O-])c2)Sc2nncn21. The van der Waals surface area contributed by atoms with Gasteiger partial charge in [0, 0.05) is 23.8 Å². The lowest BCUT2D eigenvalue weighted by molar-refractivity contribution is -0.384. The van der Waals surface area contributed by atoms with E-state index in [1.54, 1.807) is 12.1 Å². The molecule has 2 aromatic rings. The van der Waals surface area contributed by atoms with E-state index in [-0.39, 0.29) is 23.3 Å². The van der Waals surface area contributed by atoms with Crippen molar-refractivity contribution in [2.75, 3.05) is 0 Å². The molecule has 1 aliphatic heterocycles. The molecule has 0 saturated carbocycles. The highest BCUT2D eigenvalue weighted by atomic mass is 32.2. The van der Waals surface area contributed by atoms with Crippen LogP contribution in [0.3, 0.4) is 0 Å². The van der Waals surface area contributed by atoms with Crippen molar-refractivity contribution in [3.05, 3.63) is 46.3 Å². The third-order valence-corrected chi connectivity index (χ3v) is 4.06. The van der Waals surface area contributed by atoms with Gasteiger partial charge in [-0.1, -0.05) is 23.9 Å². The number of thioether (sulfide) groups is 1. The molecule has 0 bridgehead atoms. The van der Waals surface area contributed by atoms with Gasteiger partial charge in [0.25, 0.3) is 5.69 Å². The van der Waals surface area contributed by atoms with E-state index >= 15 is 0 Å². The highest BCUT2D eigenvalue weighted by Crippen LogP contribution is 2.41. The summed E-state index contributed by atoms with van der Waals surface area (Å²) in [6.45, 7) is 0. The predicted molar refractivity (Wildman–Crippen MR) is 67.0 cm³/mol. The molecule has 1 aliphatic rings. The Morgan fingerprint density at radius 1 is 1.47 bits per heavy atom. The Labute approximate surface area is 111 Å². The maximum atomic E-state index is 11.9. The first kappa shape index (κ1) is 11.8. The molecule has 1 aromatic carbocycles. The fourth-order valence-electron chi connectivity index (χ4n) is 1.93. The average Bonchev–Trinajstić information content (AvgIpc) is 2.87. The van der Waals surface area contributed by atoms with Crippen molar-refractivity contribution < 1.29 is 9.72 Å². The van der Waals surface area contributed by atoms with Gasteiger partial charge >= 0.3 is 0 Å². The summed E-state index contributed by atoms with van der Waals surface area (Å²) in [4.78, 5) is 22.2. The minimum Gasteiger partial charge on any atom is -0.274 e. The van der Waals surface area contributed by atoms with Crippen LogP contribution in [0.1, 0.15) is 22.0 Å². The van der Waals surface area contributed by atoms with E-state index in [0.717, 1.165) is 5.56 Å². The summed E-state index contributed by atoms with van der Waals surface area (Å²) >= 11 is 1.39. The van der Waals surface area contributed by atoms with Crippen LogP contribution in [0.25, 0.3) is 0 Å². The molecule has 2 heterocycles. The molecule has 0 spiro atoms. The normalized spacial score (nSPS) is 18.1. The van der Waals surface area contributed by atoms with E-state index in [0.29, 0.717) is 5.16 Å². The number of nitrogens with zero attached hydrogens (tertiary/aromatic N) is 4. The van der Waals surface area contributed by atoms with Crippen molar-refractivity contribution in [2.24, 2.45) is 0 Å². The van der Waals surface area contributed by atoms with Crippen molar-refractivity contribution in [3.63, 3.8) is 0 Å². The fraction of sp³-hybridized carbons (Fsp3) is 0.182. The molecule has 0 N–H and O–H groups in total. The minimum atomic E-state index is -0.443. The third kappa shape index (κ3) is 2.10. The van der Waals surface area contributed by atoms with Gasteiger partial charge in [-0.2, -0.15) is 0 Å². The molecule has 0 aliphatic carbocycles. The van der Waals surface area contributed by atoms with Crippen LogP contribution in [0.5, 0.6) is 0 Å². The molecule has 0 fully saturated rings. The van der Waals surface area contributed by atoms with Gasteiger partial charge in [0.05, 0.1) is 4.92 Å². The topological polar surface area (TPSA) is 90.9 Å². The summed E-state index contributed by atoms with van der Waals surface area (Å²) in [5.41, 5.74) is 0.777. The molecule has 1 aromatic heterocycles. The number of nitro groups is 1. The van der Waals surface area contributed by atoms with Gasteiger partial charge in [-0.15, -0.1) is 10.2 Å². The number of rotatable bonds is 2. The largest absolute Gasteiger partial charge is 0.274 e. The van der Waals surface area contributed by atoms with Gasteiger partial charge in [0.15, 0.2) is 5.16 Å². The number of nitro benzene ring substituents is 1. The maximum Gasteiger partial charge on any atom is 0.269 e. The molecule has 0 saturated heterocycles. The van der Waals surface area contributed by atoms with E-state index < -0.39 is 4.92 Å². The highest BCUT2D eigenvalue weighted by molar-refractivity contribution is 7.99. The van der Waals surface area contributed by atoms with Gasteiger partial charge in [-0.05, 0) is 5.56 Å². The maximum absolute atomic E-state index is 11.9. The van der Waals surface area contributed by atoms with E-state index in [1.165, 1.54) is 34.8 Å². The molecular formula is C11H8N4O3S. The number of benzene rings is 1. The van der Waals surface area contributed by atoms with Gasteiger partial charge in [-0.3, -0.25) is 14.9 Å². The monoisotopic (exact) mass is 276 g/mol. The van der Waals surface area contributed by atoms with Crippen LogP contribution < -0.4 is 0 Å². The van der Waals surface area contributed by atoms with E-state index in [1.807, 2.05) is 0 Å². The quantitative estimate of drug-likeness (QED) is 0.616. The molecule has 19 heavy (non-hydrogen) atoms. The van der Waals surface area contributed by atoms with Crippen LogP contribution in [0.4, 0.5) is 5.69 Å². The molecule has 96 valence electrons. The Bertz CT molecular complexity index is 669. The number of carbonyl (C=O) groups is 1. The first-order chi connectivity index (χ1) is 9.15.